The molecule has 0 aliphatic carbocycles. The van der Waals surface area contributed by atoms with Crippen LogP contribution < -0.4 is 5.73 Å². The van der Waals surface area contributed by atoms with Crippen LogP contribution in [0.25, 0.3) is 0 Å². The molecular weight excluding hydrogens is 377 g/mol. The summed E-state index contributed by atoms with van der Waals surface area (Å²) in [5.74, 6) is -1.43. The van der Waals surface area contributed by atoms with E-state index in [2.05, 4.69) is 6.92 Å². The first-order valence-corrected chi connectivity index (χ1v) is 11.7. The molecule has 0 heterocycles. The van der Waals surface area contributed by atoms with Gasteiger partial charge < -0.3 is 15.6 Å². The molecule has 0 aliphatic heterocycles. The molecule has 0 saturated carbocycles. The zero-order chi connectivity index (χ0) is 20.9. The molecule has 1 atom stereocenters. The number of hydrogen-bond acceptors (Lipinski definition) is 4. The molecule has 29 heavy (non-hydrogen) atoms. The Balaban J connectivity index is 0. The Bertz CT molecular complexity index is 380. The van der Waals surface area contributed by atoms with Gasteiger partial charge in [-0.25, -0.2) is 0 Å². The molecule has 3 N–H and O–H groups in total. The van der Waals surface area contributed by atoms with Crippen molar-refractivity contribution in [2.45, 2.75) is 129 Å². The zero-order valence-corrected chi connectivity index (χ0v) is 18.3. The van der Waals surface area contributed by atoms with Crippen LogP contribution in [0, 0.1) is 0 Å². The quantitative estimate of drug-likeness (QED) is 0.148. The number of carboxylic acid groups (broad SMARTS) is 1. The number of esters is 1. The average Bonchev–Trinajstić information content (AvgIpc) is 2.68. The fraction of sp³-hybridized carbons (Fsp3) is 0.913. The van der Waals surface area contributed by atoms with Gasteiger partial charge in [-0.05, 0) is 12.8 Å². The summed E-state index contributed by atoms with van der Waals surface area (Å²) in [4.78, 5) is 22.0. The first kappa shape index (κ1) is 31.1. The van der Waals surface area contributed by atoms with E-state index < -0.39 is 12.0 Å². The monoisotopic (exact) mass is 423 g/mol. The van der Waals surface area contributed by atoms with E-state index in [1.165, 1.54) is 89.9 Å². The second kappa shape index (κ2) is 24.2. The van der Waals surface area contributed by atoms with Crippen molar-refractivity contribution < 1.29 is 19.4 Å². The number of unbranched alkanes of at least 4 members (excludes halogenated alkanes) is 15. The van der Waals surface area contributed by atoms with Gasteiger partial charge >= 0.3 is 41.5 Å². The van der Waals surface area contributed by atoms with Crippen LogP contribution in [0.2, 0.25) is 0 Å². The van der Waals surface area contributed by atoms with Crippen molar-refractivity contribution in [3.8, 4) is 0 Å². The third kappa shape index (κ3) is 24.0. The molecule has 0 aliphatic rings. The summed E-state index contributed by atoms with van der Waals surface area (Å²) in [7, 11) is 0. The van der Waals surface area contributed by atoms with Crippen LogP contribution in [0.1, 0.15) is 122 Å². The van der Waals surface area contributed by atoms with Crippen LogP contribution in [0.4, 0.5) is 0 Å². The molecule has 0 fully saturated rings. The van der Waals surface area contributed by atoms with Gasteiger partial charge in [-0.15, -0.1) is 0 Å². The number of ether oxygens (including phenoxy) is 1. The molecule has 0 spiro atoms. The second-order valence-electron chi connectivity index (χ2n) is 8.01. The van der Waals surface area contributed by atoms with Gasteiger partial charge in [0.05, 0.1) is 6.61 Å². The first-order valence-electron chi connectivity index (χ1n) is 11.7. The Morgan fingerprint density at radius 3 is 1.52 bits per heavy atom. The van der Waals surface area contributed by atoms with E-state index in [0.29, 0.717) is 6.61 Å². The minimum absolute atomic E-state index is 0. The van der Waals surface area contributed by atoms with Crippen molar-refractivity contribution in [1.82, 2.24) is 0 Å². The van der Waals surface area contributed by atoms with Crippen LogP contribution >= 0.6 is 0 Å². The number of carboxylic acids is 1. The molecule has 0 rings (SSSR count). The molecule has 0 unspecified atom stereocenters. The summed E-state index contributed by atoms with van der Waals surface area (Å²) in [6, 6.07) is -0.983. The summed E-state index contributed by atoms with van der Waals surface area (Å²) in [5.41, 5.74) is 5.35. The number of carbonyl (C=O) groups excluding carboxylic acids is 1. The molecule has 6 heteroatoms. The van der Waals surface area contributed by atoms with Gasteiger partial charge in [-0.2, -0.15) is 0 Å². The van der Waals surface area contributed by atoms with E-state index in [1.807, 2.05) is 0 Å². The average molecular weight is 424 g/mol. The maximum atomic E-state index is 11.5. The molecule has 5 nitrogen and oxygen atoms in total. The van der Waals surface area contributed by atoms with Crippen LogP contribution in [0.5, 0.6) is 0 Å². The summed E-state index contributed by atoms with van der Waals surface area (Å²) >= 11 is 0. The van der Waals surface area contributed by atoms with Gasteiger partial charge in [0.2, 0.25) is 0 Å². The molecule has 0 bridgehead atoms. The molecular formula is C23H46NNaO4. The number of nitrogens with two attached hydrogens (primary N) is 1. The summed E-state index contributed by atoms with van der Waals surface area (Å²) in [6.07, 6.45) is 21.3. The number of carbonyl (C=O) groups is 2. The van der Waals surface area contributed by atoms with Gasteiger partial charge in [-0.1, -0.05) is 103 Å². The van der Waals surface area contributed by atoms with Crippen molar-refractivity contribution in [2.75, 3.05) is 6.61 Å². The first-order chi connectivity index (χ1) is 13.6. The van der Waals surface area contributed by atoms with Gasteiger partial charge in [-0.3, -0.25) is 9.59 Å². The SMILES string of the molecule is CCCCCCCCCCCCCCCCCCOC(=O)CC[C@H](N)C(=O)O.[NaH]. The van der Waals surface area contributed by atoms with Crippen molar-refractivity contribution >= 4 is 41.5 Å². The zero-order valence-electron chi connectivity index (χ0n) is 18.3. The van der Waals surface area contributed by atoms with Crippen molar-refractivity contribution in [3.05, 3.63) is 0 Å². The number of rotatable bonds is 21. The topological polar surface area (TPSA) is 89.6 Å². The van der Waals surface area contributed by atoms with Crippen molar-refractivity contribution in [2.24, 2.45) is 5.73 Å². The van der Waals surface area contributed by atoms with E-state index in [4.69, 9.17) is 15.6 Å². The van der Waals surface area contributed by atoms with E-state index in [0.717, 1.165) is 12.8 Å². The Kier molecular flexibility index (Phi) is 25.9. The van der Waals surface area contributed by atoms with E-state index in [9.17, 15) is 9.59 Å². The summed E-state index contributed by atoms with van der Waals surface area (Å²) in [6.45, 7) is 2.70. The van der Waals surface area contributed by atoms with Gasteiger partial charge in [0.25, 0.3) is 0 Å². The molecule has 0 aromatic carbocycles. The molecule has 0 radical (unpaired) electrons. The second-order valence-corrected chi connectivity index (χ2v) is 8.01. The summed E-state index contributed by atoms with van der Waals surface area (Å²) < 4.78 is 5.10. The van der Waals surface area contributed by atoms with Gasteiger partial charge in [0.1, 0.15) is 6.04 Å². The molecule has 0 aromatic rings. The predicted octanol–water partition coefficient (Wildman–Crippen LogP) is 5.33. The molecule has 0 amide bonds. The molecule has 0 aromatic heterocycles. The predicted molar refractivity (Wildman–Crippen MR) is 122 cm³/mol. The third-order valence-electron chi connectivity index (χ3n) is 5.24. The van der Waals surface area contributed by atoms with E-state index in [1.54, 1.807) is 0 Å². The fourth-order valence-electron chi connectivity index (χ4n) is 3.31. The van der Waals surface area contributed by atoms with E-state index >= 15 is 0 Å². The van der Waals surface area contributed by atoms with Crippen LogP contribution in [0.3, 0.4) is 0 Å². The van der Waals surface area contributed by atoms with Gasteiger partial charge in [0.15, 0.2) is 0 Å². The number of hydrogen-bond donors (Lipinski definition) is 2. The Morgan fingerprint density at radius 1 is 0.759 bits per heavy atom. The standard InChI is InChI=1S/C23H45NO4.Na.H/c1-2-3-4-5-6-7-8-9-10-11-12-13-14-15-16-17-20-28-22(25)19-18-21(24)23(26)27;;/h21H,2-20,24H2,1H3,(H,26,27);;/t21-;;/m0../s1. The maximum absolute atomic E-state index is 11.5. The molecule has 168 valence electrons. The Morgan fingerprint density at radius 2 is 1.14 bits per heavy atom. The van der Waals surface area contributed by atoms with Crippen molar-refractivity contribution in [3.63, 3.8) is 0 Å². The fourth-order valence-corrected chi connectivity index (χ4v) is 3.31. The third-order valence-corrected chi connectivity index (χ3v) is 5.24. The Labute approximate surface area is 201 Å². The minimum atomic E-state index is -1.08. The van der Waals surface area contributed by atoms with Gasteiger partial charge in [0, 0.05) is 6.42 Å². The summed E-state index contributed by atoms with van der Waals surface area (Å²) in [5, 5.41) is 8.65. The normalized spacial score (nSPS) is 11.7. The number of aliphatic carboxylic acids is 1. The van der Waals surface area contributed by atoms with E-state index in [-0.39, 0.29) is 48.4 Å². The van der Waals surface area contributed by atoms with Crippen molar-refractivity contribution in [1.29, 1.82) is 0 Å². The van der Waals surface area contributed by atoms with Crippen LogP contribution in [-0.2, 0) is 14.3 Å². The van der Waals surface area contributed by atoms with Crippen LogP contribution in [0.15, 0.2) is 0 Å². The molecule has 0 saturated heterocycles. The van der Waals surface area contributed by atoms with Crippen LogP contribution in [-0.4, -0.2) is 59.3 Å². The Hall–Kier alpha value is -0.100.